The van der Waals surface area contributed by atoms with E-state index in [-0.39, 0.29) is 12.3 Å². The van der Waals surface area contributed by atoms with Crippen molar-refractivity contribution in [2.75, 3.05) is 5.32 Å². The summed E-state index contributed by atoms with van der Waals surface area (Å²) in [6, 6.07) is 17.1. The number of hydrogen-bond acceptors (Lipinski definition) is 4. The smallest absolute Gasteiger partial charge is 0.230 e. The molecule has 3 aromatic rings. The van der Waals surface area contributed by atoms with Crippen molar-refractivity contribution < 1.29 is 9.53 Å². The number of ether oxygens (including phenoxy) is 1. The number of hydrogen-bond donors (Lipinski definition) is 1. The highest BCUT2D eigenvalue weighted by atomic mass is 79.9. The molecule has 2 aromatic carbocycles. The van der Waals surface area contributed by atoms with Crippen LogP contribution in [0.3, 0.4) is 0 Å². The lowest BCUT2D eigenvalue weighted by atomic mass is 10.3. The average Bonchev–Trinajstić information content (AvgIpc) is 3.03. The lowest BCUT2D eigenvalue weighted by molar-refractivity contribution is -0.115. The Kier molecular flexibility index (Phi) is 5.61. The number of nitrogens with one attached hydrogen (secondary N) is 1. The van der Waals surface area contributed by atoms with Crippen LogP contribution in [0.5, 0.6) is 5.75 Å². The summed E-state index contributed by atoms with van der Waals surface area (Å²) in [5.41, 5.74) is 1.52. The van der Waals surface area contributed by atoms with Gasteiger partial charge in [0.05, 0.1) is 12.1 Å². The third-order valence-electron chi connectivity index (χ3n) is 3.17. The molecule has 1 aromatic heterocycles. The Labute approximate surface area is 152 Å². The summed E-state index contributed by atoms with van der Waals surface area (Å²) in [6.07, 6.45) is 0.248. The summed E-state index contributed by atoms with van der Waals surface area (Å²) >= 11 is 4.86. The maximum Gasteiger partial charge on any atom is 0.230 e. The first-order valence-electron chi connectivity index (χ1n) is 7.35. The molecule has 0 atom stereocenters. The molecule has 0 fully saturated rings. The highest BCUT2D eigenvalue weighted by Gasteiger charge is 2.09. The predicted octanol–water partition coefficient (Wildman–Crippen LogP) is 4.67. The van der Waals surface area contributed by atoms with Gasteiger partial charge in [0.15, 0.2) is 0 Å². The number of rotatable bonds is 6. The van der Waals surface area contributed by atoms with E-state index in [9.17, 15) is 4.79 Å². The van der Waals surface area contributed by atoms with Gasteiger partial charge < -0.3 is 10.1 Å². The number of para-hydroxylation sites is 1. The van der Waals surface area contributed by atoms with E-state index in [4.69, 9.17) is 4.74 Å². The quantitative estimate of drug-likeness (QED) is 0.651. The molecule has 24 heavy (non-hydrogen) atoms. The molecule has 1 heterocycles. The fourth-order valence-electron chi connectivity index (χ4n) is 2.06. The standard InChI is InChI=1S/C18H15BrN2O2S/c19-13-6-8-14(9-7-13)20-17(22)10-15-12-24-18(21-15)11-23-16-4-2-1-3-5-16/h1-9,12H,10-11H2,(H,20,22). The Bertz CT molecular complexity index is 803. The van der Waals surface area contributed by atoms with Crippen LogP contribution in [-0.4, -0.2) is 10.9 Å². The van der Waals surface area contributed by atoms with E-state index in [2.05, 4.69) is 26.2 Å². The van der Waals surface area contributed by atoms with Crippen LogP contribution in [0.25, 0.3) is 0 Å². The van der Waals surface area contributed by atoms with Crippen LogP contribution >= 0.6 is 27.3 Å². The third-order valence-corrected chi connectivity index (χ3v) is 4.57. The van der Waals surface area contributed by atoms with Gasteiger partial charge in [-0.1, -0.05) is 34.1 Å². The van der Waals surface area contributed by atoms with Crippen LogP contribution in [0.1, 0.15) is 10.7 Å². The second kappa shape index (κ2) is 8.08. The number of nitrogens with zero attached hydrogens (tertiary/aromatic N) is 1. The molecule has 0 spiro atoms. The number of halogens is 1. The van der Waals surface area contributed by atoms with Crippen molar-refractivity contribution in [1.29, 1.82) is 0 Å². The number of anilines is 1. The zero-order valence-corrected chi connectivity index (χ0v) is 15.1. The number of amides is 1. The van der Waals surface area contributed by atoms with Crippen LogP contribution in [0.4, 0.5) is 5.69 Å². The van der Waals surface area contributed by atoms with Gasteiger partial charge in [-0.05, 0) is 36.4 Å². The van der Waals surface area contributed by atoms with E-state index in [1.807, 2.05) is 60.0 Å². The molecule has 3 rings (SSSR count). The summed E-state index contributed by atoms with van der Waals surface area (Å²) in [5.74, 6) is 0.723. The van der Waals surface area contributed by atoms with Crippen molar-refractivity contribution in [3.05, 3.63) is 75.2 Å². The minimum atomic E-state index is -0.0850. The van der Waals surface area contributed by atoms with E-state index in [0.29, 0.717) is 6.61 Å². The first-order chi connectivity index (χ1) is 11.7. The fourth-order valence-corrected chi connectivity index (χ4v) is 3.03. The van der Waals surface area contributed by atoms with E-state index in [0.717, 1.165) is 26.6 Å². The maximum atomic E-state index is 12.1. The summed E-state index contributed by atoms with van der Waals surface area (Å²) in [5, 5.41) is 5.60. The zero-order chi connectivity index (χ0) is 16.8. The molecule has 0 aliphatic heterocycles. The second-order valence-electron chi connectivity index (χ2n) is 5.07. The normalized spacial score (nSPS) is 10.4. The largest absolute Gasteiger partial charge is 0.486 e. The average molecular weight is 403 g/mol. The molecule has 1 N–H and O–H groups in total. The molecule has 122 valence electrons. The van der Waals surface area contributed by atoms with Crippen LogP contribution in [-0.2, 0) is 17.8 Å². The number of carbonyl (C=O) groups is 1. The van der Waals surface area contributed by atoms with Crippen LogP contribution in [0, 0.1) is 0 Å². The van der Waals surface area contributed by atoms with Gasteiger partial charge in [-0.3, -0.25) is 4.79 Å². The molecule has 0 aliphatic carbocycles. The molecule has 6 heteroatoms. The highest BCUT2D eigenvalue weighted by Crippen LogP contribution is 2.17. The summed E-state index contributed by atoms with van der Waals surface area (Å²) in [6.45, 7) is 0.406. The fraction of sp³-hybridized carbons (Fsp3) is 0.111. The molecule has 0 radical (unpaired) electrons. The van der Waals surface area contributed by atoms with Crippen LogP contribution in [0.15, 0.2) is 64.5 Å². The Hall–Kier alpha value is -2.18. The van der Waals surface area contributed by atoms with Gasteiger partial charge in [0, 0.05) is 15.5 Å². The van der Waals surface area contributed by atoms with E-state index in [1.165, 1.54) is 11.3 Å². The Morgan fingerprint density at radius 1 is 1.12 bits per heavy atom. The number of thiazole rings is 1. The van der Waals surface area contributed by atoms with Crippen molar-refractivity contribution in [3.63, 3.8) is 0 Å². The van der Waals surface area contributed by atoms with Gasteiger partial charge in [0.2, 0.25) is 5.91 Å². The summed E-state index contributed by atoms with van der Waals surface area (Å²) < 4.78 is 6.64. The molecular formula is C18H15BrN2O2S. The topological polar surface area (TPSA) is 51.2 Å². The zero-order valence-electron chi connectivity index (χ0n) is 12.7. The van der Waals surface area contributed by atoms with Gasteiger partial charge in [-0.15, -0.1) is 11.3 Å². The molecule has 0 unspecified atom stereocenters. The Morgan fingerprint density at radius 3 is 2.62 bits per heavy atom. The maximum absolute atomic E-state index is 12.1. The van der Waals surface area contributed by atoms with Gasteiger partial charge in [0.25, 0.3) is 0 Å². The second-order valence-corrected chi connectivity index (χ2v) is 6.92. The molecule has 4 nitrogen and oxygen atoms in total. The lowest BCUT2D eigenvalue weighted by Gasteiger charge is -2.04. The van der Waals surface area contributed by atoms with Crippen molar-refractivity contribution in [3.8, 4) is 5.75 Å². The monoisotopic (exact) mass is 402 g/mol. The SMILES string of the molecule is O=C(Cc1csc(COc2ccccc2)n1)Nc1ccc(Br)cc1. The van der Waals surface area contributed by atoms with E-state index in [1.54, 1.807) is 0 Å². The summed E-state index contributed by atoms with van der Waals surface area (Å²) in [4.78, 5) is 16.5. The van der Waals surface area contributed by atoms with Gasteiger partial charge >= 0.3 is 0 Å². The van der Waals surface area contributed by atoms with Crippen LogP contribution < -0.4 is 10.1 Å². The van der Waals surface area contributed by atoms with E-state index >= 15 is 0 Å². The molecule has 0 saturated heterocycles. The molecule has 0 bridgehead atoms. The highest BCUT2D eigenvalue weighted by molar-refractivity contribution is 9.10. The summed E-state index contributed by atoms with van der Waals surface area (Å²) in [7, 11) is 0. The minimum absolute atomic E-state index is 0.0850. The van der Waals surface area contributed by atoms with Gasteiger partial charge in [0.1, 0.15) is 17.4 Å². The molecule has 0 saturated carbocycles. The predicted molar refractivity (Wildman–Crippen MR) is 99.4 cm³/mol. The van der Waals surface area contributed by atoms with Crippen molar-refractivity contribution in [2.45, 2.75) is 13.0 Å². The molecule has 0 aliphatic rings. The third kappa shape index (κ3) is 4.91. The van der Waals surface area contributed by atoms with Crippen molar-refractivity contribution in [1.82, 2.24) is 4.98 Å². The van der Waals surface area contributed by atoms with Gasteiger partial charge in [-0.2, -0.15) is 0 Å². The van der Waals surface area contributed by atoms with Gasteiger partial charge in [-0.25, -0.2) is 4.98 Å². The molecular weight excluding hydrogens is 388 g/mol. The molecule has 1 amide bonds. The lowest BCUT2D eigenvalue weighted by Crippen LogP contribution is -2.14. The van der Waals surface area contributed by atoms with Crippen molar-refractivity contribution >= 4 is 38.9 Å². The number of carbonyl (C=O) groups excluding carboxylic acids is 1. The number of aromatic nitrogens is 1. The Morgan fingerprint density at radius 2 is 1.88 bits per heavy atom. The van der Waals surface area contributed by atoms with Crippen molar-refractivity contribution in [2.24, 2.45) is 0 Å². The first-order valence-corrected chi connectivity index (χ1v) is 9.03. The van der Waals surface area contributed by atoms with Crippen LogP contribution in [0.2, 0.25) is 0 Å². The Balaban J connectivity index is 1.51. The van der Waals surface area contributed by atoms with E-state index < -0.39 is 0 Å². The first kappa shape index (κ1) is 16.7. The minimum Gasteiger partial charge on any atom is -0.486 e. The number of benzene rings is 2.